The van der Waals surface area contributed by atoms with Gasteiger partial charge < -0.3 is 18.9 Å². The number of fused-ring (bicyclic) bond motifs is 2. The van der Waals surface area contributed by atoms with Crippen molar-refractivity contribution in [1.29, 1.82) is 0 Å². The third-order valence-corrected chi connectivity index (χ3v) is 6.46. The third-order valence-electron chi connectivity index (χ3n) is 6.46. The highest BCUT2D eigenvalue weighted by Crippen LogP contribution is 2.24. The van der Waals surface area contributed by atoms with Gasteiger partial charge in [-0.2, -0.15) is 4.98 Å². The van der Waals surface area contributed by atoms with Gasteiger partial charge in [-0.1, -0.05) is 12.8 Å². The van der Waals surface area contributed by atoms with Crippen LogP contribution in [0.4, 0.5) is 0 Å². The van der Waals surface area contributed by atoms with Gasteiger partial charge in [-0.3, -0.25) is 19.4 Å². The minimum Gasteiger partial charge on any atom is -0.456 e. The molecular weight excluding hydrogens is 466 g/mol. The lowest BCUT2D eigenvalue weighted by Crippen LogP contribution is -2.42. The quantitative estimate of drug-likeness (QED) is 0.267. The van der Waals surface area contributed by atoms with Crippen LogP contribution >= 0.6 is 0 Å². The smallest absolute Gasteiger partial charge is 0.349 e. The molecule has 0 aromatic heterocycles. The van der Waals surface area contributed by atoms with Gasteiger partial charge in [0.2, 0.25) is 0 Å². The number of esters is 1. The first kappa shape index (κ1) is 25.5. The molecule has 0 radical (unpaired) electrons. The van der Waals surface area contributed by atoms with E-state index in [0.717, 1.165) is 35.9 Å². The van der Waals surface area contributed by atoms with Crippen LogP contribution in [0.25, 0.3) is 22.6 Å². The van der Waals surface area contributed by atoms with E-state index in [1.54, 1.807) is 4.90 Å². The van der Waals surface area contributed by atoms with Crippen LogP contribution in [0.1, 0.15) is 43.2 Å². The number of unbranched alkanes of at least 4 members (excludes halogenated alkanes) is 3. The molecule has 4 rings (SSSR count). The molecular formula is C25H31N5O6. The zero-order valence-electron chi connectivity index (χ0n) is 20.7. The summed E-state index contributed by atoms with van der Waals surface area (Å²) in [6, 6.07) is 3.93. The molecule has 3 heterocycles. The minimum atomic E-state index is -0.697. The van der Waals surface area contributed by atoms with Gasteiger partial charge in [0.25, 0.3) is 11.5 Å². The van der Waals surface area contributed by atoms with E-state index in [0.29, 0.717) is 44.8 Å². The average Bonchev–Trinajstić information content (AvgIpc) is 2.86. The zero-order valence-corrected chi connectivity index (χ0v) is 20.7. The van der Waals surface area contributed by atoms with Crippen molar-refractivity contribution in [2.24, 2.45) is 0 Å². The van der Waals surface area contributed by atoms with E-state index in [-0.39, 0.29) is 36.4 Å². The summed E-state index contributed by atoms with van der Waals surface area (Å²) in [4.78, 5) is 60.7. The Hall–Kier alpha value is -3.60. The number of hydrogen-bond acceptors (Lipinski definition) is 8. The highest BCUT2D eigenvalue weighted by Gasteiger charge is 2.20. The second-order valence-electron chi connectivity index (χ2n) is 9.05. The highest BCUT2D eigenvalue weighted by atomic mass is 16.5. The molecule has 0 bridgehead atoms. The monoisotopic (exact) mass is 497 g/mol. The van der Waals surface area contributed by atoms with Crippen LogP contribution in [-0.2, 0) is 25.6 Å². The number of nitrogens with zero attached hydrogens (tertiary/aromatic N) is 4. The highest BCUT2D eigenvalue weighted by molar-refractivity contribution is 5.81. The lowest BCUT2D eigenvalue weighted by atomic mass is 10.1. The predicted molar refractivity (Wildman–Crippen MR) is 132 cm³/mol. The van der Waals surface area contributed by atoms with Gasteiger partial charge in [0, 0.05) is 26.1 Å². The number of amides is 1. The Labute approximate surface area is 207 Å². The first-order valence-electron chi connectivity index (χ1n) is 12.3. The molecule has 11 heteroatoms. The van der Waals surface area contributed by atoms with Crippen molar-refractivity contribution in [3.05, 3.63) is 44.1 Å². The number of rotatable bonds is 9. The molecule has 1 N–H and O–H groups in total. The molecule has 1 fully saturated rings. The van der Waals surface area contributed by atoms with Gasteiger partial charge in [-0.25, -0.2) is 9.78 Å². The average molecular weight is 498 g/mol. The van der Waals surface area contributed by atoms with Gasteiger partial charge in [0.1, 0.15) is 0 Å². The topological polar surface area (TPSA) is 136 Å². The van der Waals surface area contributed by atoms with Crippen molar-refractivity contribution in [2.45, 2.75) is 52.5 Å². The number of benzene rings is 1. The largest absolute Gasteiger partial charge is 0.456 e. The maximum absolute atomic E-state index is 12.4. The molecule has 1 amide bonds. The van der Waals surface area contributed by atoms with E-state index < -0.39 is 11.2 Å². The predicted octanol–water partition coefficient (Wildman–Crippen LogP) is 1.55. The number of morpholine rings is 1. The number of carbonyl (C=O) groups excluding carboxylic acids is 2. The Bertz CT molecular complexity index is 1340. The third kappa shape index (κ3) is 5.96. The summed E-state index contributed by atoms with van der Waals surface area (Å²) in [5, 5.41) is 0. The van der Waals surface area contributed by atoms with Gasteiger partial charge in [0.05, 0.1) is 24.2 Å². The van der Waals surface area contributed by atoms with Crippen LogP contribution in [0, 0.1) is 13.8 Å². The van der Waals surface area contributed by atoms with Crippen LogP contribution in [0.5, 0.6) is 0 Å². The molecule has 0 aliphatic carbocycles. The molecule has 1 aromatic carbocycles. The Morgan fingerprint density at radius 3 is 2.53 bits per heavy atom. The van der Waals surface area contributed by atoms with E-state index in [2.05, 4.69) is 15.0 Å². The van der Waals surface area contributed by atoms with Crippen LogP contribution in [0.15, 0.2) is 21.7 Å². The molecule has 1 saturated heterocycles. The summed E-state index contributed by atoms with van der Waals surface area (Å²) in [6.07, 6.45) is 3.29. The summed E-state index contributed by atoms with van der Waals surface area (Å²) in [5.41, 5.74) is 2.52. The molecule has 36 heavy (non-hydrogen) atoms. The Balaban J connectivity index is 1.31. The summed E-state index contributed by atoms with van der Waals surface area (Å²) in [7, 11) is 0. The summed E-state index contributed by atoms with van der Waals surface area (Å²) in [5.74, 6) is -0.304. The van der Waals surface area contributed by atoms with Gasteiger partial charge >= 0.3 is 11.7 Å². The summed E-state index contributed by atoms with van der Waals surface area (Å²) in [6.45, 7) is 6.36. The normalized spacial score (nSPS) is 13.9. The number of hydrogen-bond donors (Lipinski definition) is 1. The molecule has 0 saturated carbocycles. The Kier molecular flexibility index (Phi) is 8.09. The van der Waals surface area contributed by atoms with Crippen LogP contribution < -0.4 is 11.2 Å². The first-order chi connectivity index (χ1) is 17.3. The number of aromatic nitrogens is 4. The number of nitrogens with one attached hydrogen (secondary N) is 1. The van der Waals surface area contributed by atoms with Crippen molar-refractivity contribution in [3.63, 3.8) is 0 Å². The van der Waals surface area contributed by atoms with Crippen molar-refractivity contribution < 1.29 is 19.1 Å². The van der Waals surface area contributed by atoms with E-state index >= 15 is 0 Å². The molecule has 3 aliphatic rings. The molecule has 192 valence electrons. The van der Waals surface area contributed by atoms with E-state index in [1.165, 1.54) is 0 Å². The van der Waals surface area contributed by atoms with Crippen LogP contribution in [-0.4, -0.2) is 69.2 Å². The molecule has 0 unspecified atom stereocenters. The van der Waals surface area contributed by atoms with Crippen LogP contribution in [0.3, 0.4) is 0 Å². The number of H-pyrrole nitrogens is 1. The number of aromatic amines is 1. The lowest BCUT2D eigenvalue weighted by Gasteiger charge is -2.26. The summed E-state index contributed by atoms with van der Waals surface area (Å²) >= 11 is 0. The fraction of sp³-hybridized carbons (Fsp3) is 0.520. The maximum Gasteiger partial charge on any atom is 0.349 e. The Morgan fingerprint density at radius 2 is 1.75 bits per heavy atom. The molecule has 11 nitrogen and oxygen atoms in total. The van der Waals surface area contributed by atoms with Crippen molar-refractivity contribution in [2.75, 3.05) is 32.9 Å². The van der Waals surface area contributed by atoms with Crippen molar-refractivity contribution in [1.82, 2.24) is 24.4 Å². The summed E-state index contributed by atoms with van der Waals surface area (Å²) < 4.78 is 12.2. The van der Waals surface area contributed by atoms with Crippen molar-refractivity contribution >= 4 is 22.9 Å². The van der Waals surface area contributed by atoms with E-state index in [9.17, 15) is 19.2 Å². The fourth-order valence-electron chi connectivity index (χ4n) is 4.29. The maximum atomic E-state index is 12.4. The number of aryl methyl sites for hydroxylation is 3. The van der Waals surface area contributed by atoms with Gasteiger partial charge in [-0.15, -0.1) is 0 Å². The first-order valence-corrected chi connectivity index (χ1v) is 12.3. The number of carbonyl (C=O) groups is 2. The Morgan fingerprint density at radius 1 is 1.03 bits per heavy atom. The standard InChI is InChI=1S/C25H31N5O6/c1-16-13-18-19(14-17(16)2)30(23-22(26-18)24(33)28-25(34)27-23)8-6-4-3-5-7-21(32)36-15-20(31)29-9-11-35-12-10-29/h13-14H,3-12,15H2,1-2H3,(H,28,33,34). The van der Waals surface area contributed by atoms with E-state index in [1.807, 2.05) is 30.5 Å². The fourth-order valence-corrected chi connectivity index (χ4v) is 4.29. The second-order valence-corrected chi connectivity index (χ2v) is 9.05. The van der Waals surface area contributed by atoms with Gasteiger partial charge in [-0.05, 0) is 49.9 Å². The number of ether oxygens (including phenoxy) is 2. The minimum absolute atomic E-state index is 0.139. The molecule has 1 aromatic rings. The molecule has 0 spiro atoms. The van der Waals surface area contributed by atoms with E-state index in [4.69, 9.17) is 9.47 Å². The van der Waals surface area contributed by atoms with Crippen molar-refractivity contribution in [3.8, 4) is 11.5 Å². The lowest BCUT2D eigenvalue weighted by molar-refractivity contribution is -0.153. The second kappa shape index (κ2) is 11.4. The molecule has 3 aliphatic heterocycles. The SMILES string of the molecule is Cc1cc2nc3c(=O)[nH]c(=O)nc-3n(CCCCCCC(=O)OCC(=O)N3CCOCC3)c2cc1C. The van der Waals surface area contributed by atoms with Crippen LogP contribution in [0.2, 0.25) is 0 Å². The van der Waals surface area contributed by atoms with Gasteiger partial charge in [0.15, 0.2) is 18.1 Å². The molecule has 0 atom stereocenters. The zero-order chi connectivity index (χ0) is 25.7.